The van der Waals surface area contributed by atoms with Gasteiger partial charge in [-0.15, -0.1) is 0 Å². The highest BCUT2D eigenvalue weighted by Gasteiger charge is 2.12. The minimum absolute atomic E-state index is 0.555. The van der Waals surface area contributed by atoms with E-state index in [-0.39, 0.29) is 0 Å². The molecule has 0 bridgehead atoms. The van der Waals surface area contributed by atoms with Crippen LogP contribution in [-0.4, -0.2) is 36.2 Å². The molecule has 0 atom stereocenters. The fourth-order valence-electron chi connectivity index (χ4n) is 2.07. The summed E-state index contributed by atoms with van der Waals surface area (Å²) in [7, 11) is 0. The zero-order valence-electron chi connectivity index (χ0n) is 9.89. The van der Waals surface area contributed by atoms with Crippen molar-refractivity contribution < 1.29 is 4.74 Å². The summed E-state index contributed by atoms with van der Waals surface area (Å²) in [6, 6.07) is 8.37. The highest BCUT2D eigenvalue weighted by molar-refractivity contribution is 7.80. The lowest BCUT2D eigenvalue weighted by atomic mass is 10.0. The lowest BCUT2D eigenvalue weighted by molar-refractivity contribution is 0.0341. The van der Waals surface area contributed by atoms with Crippen molar-refractivity contribution in [3.8, 4) is 0 Å². The quantitative estimate of drug-likeness (QED) is 0.819. The number of hydrogen-bond donors (Lipinski definition) is 1. The maximum atomic E-state index is 5.62. The summed E-state index contributed by atoms with van der Waals surface area (Å²) in [5.74, 6) is 0. The molecule has 1 aliphatic rings. The van der Waals surface area contributed by atoms with Crippen LogP contribution in [0.3, 0.4) is 0 Å². The first-order valence-electron chi connectivity index (χ1n) is 5.91. The number of hydrogen-bond acceptors (Lipinski definition) is 3. The van der Waals surface area contributed by atoms with Crippen LogP contribution in [-0.2, 0) is 17.7 Å². The van der Waals surface area contributed by atoms with Crippen molar-refractivity contribution in [1.82, 2.24) is 4.90 Å². The molecule has 1 saturated heterocycles. The van der Waals surface area contributed by atoms with Gasteiger partial charge in [0.1, 0.15) is 0 Å². The molecule has 1 heterocycles. The van der Waals surface area contributed by atoms with Crippen molar-refractivity contribution >= 4 is 17.2 Å². The molecule has 0 spiro atoms. The Balaban J connectivity index is 2.05. The predicted octanol–water partition coefficient (Wildman–Crippen LogP) is 1.35. The summed E-state index contributed by atoms with van der Waals surface area (Å²) in [4.78, 5) is 2.96. The lowest BCUT2D eigenvalue weighted by Crippen LogP contribution is -2.36. The lowest BCUT2D eigenvalue weighted by Gasteiger charge is -2.27. The van der Waals surface area contributed by atoms with E-state index in [0.717, 1.165) is 32.8 Å². The Bertz CT molecular complexity index is 389. The van der Waals surface area contributed by atoms with Gasteiger partial charge >= 0.3 is 0 Å². The van der Waals surface area contributed by atoms with Crippen LogP contribution in [0.5, 0.6) is 0 Å². The number of thiocarbonyl (C=S) groups is 1. The molecular formula is C13H18N2OS. The van der Waals surface area contributed by atoms with Crippen molar-refractivity contribution in [2.45, 2.75) is 13.0 Å². The Kier molecular flexibility index (Phi) is 4.48. The maximum Gasteiger partial charge on any atom is 0.0771 e. The number of nitrogens with two attached hydrogens (primary N) is 1. The average Bonchev–Trinajstić information content (AvgIpc) is 2.32. The first-order chi connectivity index (χ1) is 8.25. The topological polar surface area (TPSA) is 38.5 Å². The third-order valence-corrected chi connectivity index (χ3v) is 3.13. The van der Waals surface area contributed by atoms with Crippen molar-refractivity contribution in [3.63, 3.8) is 0 Å². The summed E-state index contributed by atoms with van der Waals surface area (Å²) in [5, 5.41) is 0. The molecule has 1 aliphatic heterocycles. The van der Waals surface area contributed by atoms with Crippen LogP contribution in [0.25, 0.3) is 0 Å². The molecule has 0 unspecified atom stereocenters. The van der Waals surface area contributed by atoms with Crippen molar-refractivity contribution in [2.24, 2.45) is 5.73 Å². The number of benzene rings is 1. The van der Waals surface area contributed by atoms with Gasteiger partial charge in [0.05, 0.1) is 18.2 Å². The van der Waals surface area contributed by atoms with Crippen LogP contribution in [0.1, 0.15) is 11.1 Å². The third kappa shape index (κ3) is 3.77. The molecule has 17 heavy (non-hydrogen) atoms. The van der Waals surface area contributed by atoms with Crippen LogP contribution in [0, 0.1) is 0 Å². The summed E-state index contributed by atoms with van der Waals surface area (Å²) in [6.45, 7) is 4.62. The van der Waals surface area contributed by atoms with E-state index >= 15 is 0 Å². The smallest absolute Gasteiger partial charge is 0.0771 e. The van der Waals surface area contributed by atoms with E-state index < -0.39 is 0 Å². The van der Waals surface area contributed by atoms with Crippen LogP contribution < -0.4 is 5.73 Å². The van der Waals surface area contributed by atoms with Gasteiger partial charge in [-0.1, -0.05) is 36.5 Å². The van der Waals surface area contributed by atoms with Gasteiger partial charge in [0.2, 0.25) is 0 Å². The molecule has 0 aliphatic carbocycles. The van der Waals surface area contributed by atoms with E-state index in [1.165, 1.54) is 11.1 Å². The van der Waals surface area contributed by atoms with Crippen molar-refractivity contribution in [1.29, 1.82) is 0 Å². The van der Waals surface area contributed by atoms with E-state index in [1.54, 1.807) is 0 Å². The fourth-order valence-corrected chi connectivity index (χ4v) is 2.23. The van der Waals surface area contributed by atoms with Crippen LogP contribution in [0.4, 0.5) is 0 Å². The first kappa shape index (κ1) is 12.5. The Morgan fingerprint density at radius 1 is 1.24 bits per heavy atom. The zero-order valence-corrected chi connectivity index (χ0v) is 10.7. The van der Waals surface area contributed by atoms with Crippen LogP contribution >= 0.6 is 12.2 Å². The average molecular weight is 250 g/mol. The van der Waals surface area contributed by atoms with Gasteiger partial charge < -0.3 is 10.5 Å². The second-order valence-corrected chi connectivity index (χ2v) is 4.82. The number of rotatable bonds is 4. The molecule has 4 heteroatoms. The standard InChI is InChI=1S/C13H18N2OS/c14-13(17)9-11-3-1-2-4-12(11)10-15-5-7-16-8-6-15/h1-4H,5-10H2,(H2,14,17). The van der Waals surface area contributed by atoms with Gasteiger partial charge in [-0.05, 0) is 11.1 Å². The van der Waals surface area contributed by atoms with Crippen LogP contribution in [0.2, 0.25) is 0 Å². The molecule has 1 aromatic rings. The molecular weight excluding hydrogens is 232 g/mol. The van der Waals surface area contributed by atoms with E-state index in [2.05, 4.69) is 23.1 Å². The second kappa shape index (κ2) is 6.10. The molecule has 1 aromatic carbocycles. The van der Waals surface area contributed by atoms with Crippen LogP contribution in [0.15, 0.2) is 24.3 Å². The summed E-state index contributed by atoms with van der Waals surface area (Å²) in [6.07, 6.45) is 0.690. The van der Waals surface area contributed by atoms with E-state index in [0.29, 0.717) is 11.4 Å². The summed E-state index contributed by atoms with van der Waals surface area (Å²) >= 11 is 4.99. The van der Waals surface area contributed by atoms with Gasteiger partial charge in [-0.25, -0.2) is 0 Å². The number of morpholine rings is 1. The van der Waals surface area contributed by atoms with Crippen molar-refractivity contribution in [2.75, 3.05) is 26.3 Å². The summed E-state index contributed by atoms with van der Waals surface area (Å²) in [5.41, 5.74) is 8.19. The van der Waals surface area contributed by atoms with Crippen molar-refractivity contribution in [3.05, 3.63) is 35.4 Å². The Morgan fingerprint density at radius 2 is 1.88 bits per heavy atom. The Labute approximate surface area is 108 Å². The van der Waals surface area contributed by atoms with Gasteiger partial charge in [-0.3, -0.25) is 4.90 Å². The molecule has 1 fully saturated rings. The predicted molar refractivity (Wildman–Crippen MR) is 73.0 cm³/mol. The SMILES string of the molecule is NC(=S)Cc1ccccc1CN1CCOCC1. The minimum atomic E-state index is 0.555. The zero-order chi connectivity index (χ0) is 12.1. The molecule has 0 radical (unpaired) electrons. The molecule has 0 saturated carbocycles. The first-order valence-corrected chi connectivity index (χ1v) is 6.32. The molecule has 2 rings (SSSR count). The Hall–Kier alpha value is -0.970. The molecule has 0 aromatic heterocycles. The molecule has 2 N–H and O–H groups in total. The van der Waals surface area contributed by atoms with E-state index in [9.17, 15) is 0 Å². The van der Waals surface area contributed by atoms with Gasteiger partial charge in [0.25, 0.3) is 0 Å². The number of ether oxygens (including phenoxy) is 1. The normalized spacial score (nSPS) is 16.9. The van der Waals surface area contributed by atoms with E-state index in [1.807, 2.05) is 6.07 Å². The maximum absolute atomic E-state index is 5.62. The second-order valence-electron chi connectivity index (χ2n) is 4.30. The molecule has 0 amide bonds. The monoisotopic (exact) mass is 250 g/mol. The third-order valence-electron chi connectivity index (χ3n) is 2.98. The molecule has 3 nitrogen and oxygen atoms in total. The largest absolute Gasteiger partial charge is 0.393 e. The van der Waals surface area contributed by atoms with Gasteiger partial charge in [0.15, 0.2) is 0 Å². The highest BCUT2D eigenvalue weighted by Crippen LogP contribution is 2.13. The highest BCUT2D eigenvalue weighted by atomic mass is 32.1. The van der Waals surface area contributed by atoms with Gasteiger partial charge in [-0.2, -0.15) is 0 Å². The van der Waals surface area contributed by atoms with E-state index in [4.69, 9.17) is 22.7 Å². The fraction of sp³-hybridized carbons (Fsp3) is 0.462. The Morgan fingerprint density at radius 3 is 2.53 bits per heavy atom. The number of nitrogens with zero attached hydrogens (tertiary/aromatic N) is 1. The minimum Gasteiger partial charge on any atom is -0.393 e. The van der Waals surface area contributed by atoms with Gasteiger partial charge in [0, 0.05) is 26.1 Å². The summed E-state index contributed by atoms with van der Waals surface area (Å²) < 4.78 is 5.35. The molecule has 92 valence electrons.